The molecule has 9 nitrogen and oxygen atoms in total. The molecule has 10 heteroatoms. The van der Waals surface area contributed by atoms with Gasteiger partial charge in [-0.1, -0.05) is 53.8 Å². The maximum Gasteiger partial charge on any atom is 0.274 e. The first-order valence-electron chi connectivity index (χ1n) is 9.67. The van der Waals surface area contributed by atoms with Crippen LogP contribution in [0.5, 0.6) is 5.88 Å². The predicted molar refractivity (Wildman–Crippen MR) is 119 cm³/mol. The number of hydrogen-bond acceptors (Lipinski definition) is 9. The van der Waals surface area contributed by atoms with Gasteiger partial charge in [0.15, 0.2) is 5.82 Å². The number of nitrogens with one attached hydrogen (secondary N) is 1. The summed E-state index contributed by atoms with van der Waals surface area (Å²) in [5, 5.41) is 30.1. The highest BCUT2D eigenvalue weighted by Gasteiger charge is 2.17. The Bertz CT molecular complexity index is 1190. The lowest BCUT2D eigenvalue weighted by atomic mass is 10.2. The van der Waals surface area contributed by atoms with Gasteiger partial charge in [0.2, 0.25) is 5.88 Å². The second kappa shape index (κ2) is 10.1. The fraction of sp³-hybridized carbons (Fsp3) is 0.136. The molecule has 1 amide bonds. The molecule has 2 aromatic heterocycles. The van der Waals surface area contributed by atoms with Crippen LogP contribution < -0.4 is 10.1 Å². The maximum absolute atomic E-state index is 13.1. The first kappa shape index (κ1) is 21.5. The zero-order valence-electron chi connectivity index (χ0n) is 16.8. The highest BCUT2D eigenvalue weighted by atomic mass is 32.1. The molecule has 0 saturated heterocycles. The summed E-state index contributed by atoms with van der Waals surface area (Å²) in [6, 6.07) is 17.8. The number of nitrogens with zero attached hydrogens (tertiary/aromatic N) is 4. The van der Waals surface area contributed by atoms with Crippen molar-refractivity contribution in [2.45, 2.75) is 6.10 Å². The minimum absolute atomic E-state index is 0.0828. The van der Waals surface area contributed by atoms with Gasteiger partial charge < -0.3 is 20.3 Å². The normalized spacial score (nSPS) is 11.7. The van der Waals surface area contributed by atoms with Gasteiger partial charge in [-0.05, 0) is 12.1 Å². The highest BCUT2D eigenvalue weighted by molar-refractivity contribution is 7.12. The molecule has 0 fully saturated rings. The van der Waals surface area contributed by atoms with Gasteiger partial charge in [0.05, 0.1) is 12.3 Å². The number of hydrogen-bond donors (Lipinski definition) is 3. The second-order valence-electron chi connectivity index (χ2n) is 6.67. The number of aliphatic hydroxyl groups is 2. The van der Waals surface area contributed by atoms with Crippen LogP contribution in [0.15, 0.2) is 66.2 Å². The van der Waals surface area contributed by atoms with Crippen LogP contribution in [0.4, 0.5) is 5.69 Å². The smallest absolute Gasteiger partial charge is 0.274 e. The summed E-state index contributed by atoms with van der Waals surface area (Å²) >= 11 is 1.36. The molecular formula is C22H19N5O4S. The third-order valence-electron chi connectivity index (χ3n) is 4.37. The molecule has 0 bridgehead atoms. The van der Waals surface area contributed by atoms with Gasteiger partial charge >= 0.3 is 0 Å². The van der Waals surface area contributed by atoms with E-state index < -0.39 is 18.6 Å². The molecule has 0 saturated carbocycles. The zero-order chi connectivity index (χ0) is 22.3. The van der Waals surface area contributed by atoms with Crippen LogP contribution in [0.1, 0.15) is 10.5 Å². The van der Waals surface area contributed by atoms with Gasteiger partial charge in [0.25, 0.3) is 5.91 Å². The van der Waals surface area contributed by atoms with E-state index in [0.29, 0.717) is 22.1 Å². The lowest BCUT2D eigenvalue weighted by Gasteiger charge is -2.13. The second-order valence-corrected chi connectivity index (χ2v) is 7.51. The Balaban J connectivity index is 1.66. The monoisotopic (exact) mass is 449 g/mol. The number of benzene rings is 2. The largest absolute Gasteiger partial charge is 0.475 e. The highest BCUT2D eigenvalue weighted by Crippen LogP contribution is 2.29. The van der Waals surface area contributed by atoms with E-state index in [-0.39, 0.29) is 18.2 Å². The van der Waals surface area contributed by atoms with E-state index in [1.54, 1.807) is 17.6 Å². The number of aliphatic hydroxyl groups excluding tert-OH is 2. The van der Waals surface area contributed by atoms with E-state index in [0.717, 1.165) is 5.56 Å². The van der Waals surface area contributed by atoms with Crippen LogP contribution in [0.25, 0.3) is 22.0 Å². The third kappa shape index (κ3) is 5.11. The Hall–Kier alpha value is -3.73. The summed E-state index contributed by atoms with van der Waals surface area (Å²) in [6.07, 6.45) is -1.07. The number of carbonyl (C=O) groups excluding carboxylic acids is 1. The number of rotatable bonds is 8. The van der Waals surface area contributed by atoms with Crippen molar-refractivity contribution in [1.29, 1.82) is 0 Å². The summed E-state index contributed by atoms with van der Waals surface area (Å²) in [6.45, 7) is -0.630. The minimum Gasteiger partial charge on any atom is -0.475 e. The average Bonchev–Trinajstić information content (AvgIpc) is 3.38. The zero-order valence-corrected chi connectivity index (χ0v) is 17.6. The lowest BCUT2D eigenvalue weighted by Crippen LogP contribution is -2.22. The number of anilines is 1. The van der Waals surface area contributed by atoms with E-state index in [1.165, 1.54) is 17.4 Å². The number of para-hydroxylation sites is 1. The number of carbonyl (C=O) groups is 1. The van der Waals surface area contributed by atoms with Crippen LogP contribution in [-0.4, -0.2) is 55.6 Å². The summed E-state index contributed by atoms with van der Waals surface area (Å²) in [5.74, 6) is -0.0628. The van der Waals surface area contributed by atoms with E-state index >= 15 is 0 Å². The van der Waals surface area contributed by atoms with Gasteiger partial charge in [0.1, 0.15) is 28.9 Å². The van der Waals surface area contributed by atoms with Crippen molar-refractivity contribution in [3.8, 4) is 27.8 Å². The Morgan fingerprint density at radius 1 is 1.09 bits per heavy atom. The molecule has 1 atom stereocenters. The van der Waals surface area contributed by atoms with Gasteiger partial charge in [-0.25, -0.2) is 4.98 Å². The molecular weight excluding hydrogens is 430 g/mol. The van der Waals surface area contributed by atoms with Crippen LogP contribution in [-0.2, 0) is 0 Å². The van der Waals surface area contributed by atoms with Crippen LogP contribution in [0, 0.1) is 0 Å². The van der Waals surface area contributed by atoms with E-state index in [2.05, 4.69) is 25.5 Å². The fourth-order valence-electron chi connectivity index (χ4n) is 2.82. The number of aromatic nitrogens is 4. The SMILES string of the molecule is O=C(Nc1ccccc1-c1nncs1)c1cc(OCC(O)CO)nc(-c2ccccc2)n1. The first-order chi connectivity index (χ1) is 15.6. The standard InChI is InChI=1S/C22H19N5O4S/c28-11-15(29)12-31-19-10-18(24-20(26-19)14-6-2-1-3-7-14)21(30)25-17-9-5-4-8-16(17)22-27-23-13-32-22/h1-10,13,15,28-29H,11-12H2,(H,25,30). The predicted octanol–water partition coefficient (Wildman–Crippen LogP) is 2.65. The fourth-order valence-corrected chi connectivity index (χ4v) is 3.41. The number of ether oxygens (including phenoxy) is 1. The van der Waals surface area contributed by atoms with Crippen molar-refractivity contribution in [1.82, 2.24) is 20.2 Å². The molecule has 3 N–H and O–H groups in total. The molecule has 2 aromatic carbocycles. The van der Waals surface area contributed by atoms with Crippen molar-refractivity contribution in [3.63, 3.8) is 0 Å². The summed E-state index contributed by atoms with van der Waals surface area (Å²) in [4.78, 5) is 21.8. The van der Waals surface area contributed by atoms with Gasteiger partial charge in [-0.2, -0.15) is 4.98 Å². The molecule has 1 unspecified atom stereocenters. The Labute approximate surface area is 187 Å². The van der Waals surface area contributed by atoms with Gasteiger partial charge in [-0.15, -0.1) is 10.2 Å². The molecule has 162 valence electrons. The molecule has 2 heterocycles. The molecule has 4 aromatic rings. The van der Waals surface area contributed by atoms with Crippen molar-refractivity contribution in [2.24, 2.45) is 0 Å². The van der Waals surface area contributed by atoms with Gasteiger partial charge in [-0.3, -0.25) is 4.79 Å². The molecule has 0 radical (unpaired) electrons. The van der Waals surface area contributed by atoms with Crippen LogP contribution >= 0.6 is 11.3 Å². The van der Waals surface area contributed by atoms with Crippen LogP contribution in [0.3, 0.4) is 0 Å². The van der Waals surface area contributed by atoms with Crippen molar-refractivity contribution in [2.75, 3.05) is 18.5 Å². The van der Waals surface area contributed by atoms with Crippen molar-refractivity contribution in [3.05, 3.63) is 71.9 Å². The quantitative estimate of drug-likeness (QED) is 0.374. The molecule has 4 rings (SSSR count). The topological polar surface area (TPSA) is 130 Å². The molecule has 32 heavy (non-hydrogen) atoms. The van der Waals surface area contributed by atoms with Gasteiger partial charge in [0, 0.05) is 17.2 Å². The lowest BCUT2D eigenvalue weighted by molar-refractivity contribution is 0.0520. The third-order valence-corrected chi connectivity index (χ3v) is 5.09. The summed E-state index contributed by atoms with van der Waals surface area (Å²) < 4.78 is 5.49. The molecule has 0 spiro atoms. The summed E-state index contributed by atoms with van der Waals surface area (Å²) in [7, 11) is 0. The van der Waals surface area contributed by atoms with E-state index in [9.17, 15) is 9.90 Å². The van der Waals surface area contributed by atoms with Crippen molar-refractivity contribution < 1.29 is 19.7 Å². The average molecular weight is 449 g/mol. The van der Waals surface area contributed by atoms with Crippen molar-refractivity contribution >= 4 is 22.9 Å². The first-order valence-corrected chi connectivity index (χ1v) is 10.5. The Morgan fingerprint density at radius 2 is 1.88 bits per heavy atom. The van der Waals surface area contributed by atoms with E-state index in [4.69, 9.17) is 9.84 Å². The summed E-state index contributed by atoms with van der Waals surface area (Å²) in [5.41, 5.74) is 3.70. The molecule has 0 aliphatic rings. The molecule has 0 aliphatic carbocycles. The van der Waals surface area contributed by atoms with E-state index in [1.807, 2.05) is 42.5 Å². The minimum atomic E-state index is -1.07. The Kier molecular flexibility index (Phi) is 6.75. The Morgan fingerprint density at radius 3 is 2.62 bits per heavy atom. The number of amides is 1. The maximum atomic E-state index is 13.1. The van der Waals surface area contributed by atoms with Crippen LogP contribution in [0.2, 0.25) is 0 Å². The molecule has 0 aliphatic heterocycles.